The zero-order valence-electron chi connectivity index (χ0n) is 14.7. The Labute approximate surface area is 143 Å². The average Bonchev–Trinajstić information content (AvgIpc) is 2.57. The largest absolute Gasteiger partial charge is 0.0625 e. The van der Waals surface area contributed by atoms with Crippen molar-refractivity contribution in [2.24, 2.45) is 17.8 Å². The number of benzene rings is 2. The molecule has 122 valence electrons. The van der Waals surface area contributed by atoms with Crippen LogP contribution in [-0.4, -0.2) is 5.66 Å². The highest BCUT2D eigenvalue weighted by Crippen LogP contribution is 2.51. The van der Waals surface area contributed by atoms with Gasteiger partial charge in [0.1, 0.15) is 0 Å². The first kappa shape index (κ1) is 16.7. The Bertz CT molecular complexity index is 550. The lowest BCUT2D eigenvalue weighted by Gasteiger charge is -2.42. The first-order valence-electron chi connectivity index (χ1n) is 9.06. The van der Waals surface area contributed by atoms with Gasteiger partial charge in [0.25, 0.3) is 0 Å². The van der Waals surface area contributed by atoms with E-state index in [0.29, 0.717) is 0 Å². The van der Waals surface area contributed by atoms with E-state index in [1.807, 2.05) is 0 Å². The average molecular weight is 324 g/mol. The molecule has 0 saturated heterocycles. The molecule has 1 fully saturated rings. The van der Waals surface area contributed by atoms with Gasteiger partial charge in [-0.05, 0) is 54.8 Å². The molecule has 0 bridgehead atoms. The van der Waals surface area contributed by atoms with Gasteiger partial charge in [0.05, 0.1) is 0 Å². The van der Waals surface area contributed by atoms with Crippen molar-refractivity contribution in [1.29, 1.82) is 0 Å². The molecule has 0 spiro atoms. The Kier molecular flexibility index (Phi) is 5.54. The van der Waals surface area contributed by atoms with Crippen molar-refractivity contribution in [3.05, 3.63) is 60.7 Å². The van der Waals surface area contributed by atoms with Gasteiger partial charge in [0.15, 0.2) is 0 Å². The zero-order chi connectivity index (χ0) is 16.2. The second kappa shape index (κ2) is 7.63. The molecule has 3 atom stereocenters. The van der Waals surface area contributed by atoms with Gasteiger partial charge in [-0.25, -0.2) is 0 Å². The van der Waals surface area contributed by atoms with E-state index < -0.39 is 0 Å². The molecule has 0 radical (unpaired) electrons. The standard InChI is InChI=1S/C22H29P/c1-17(2)21-15-14-18(3)16-22(21)23(19-10-6-4-7-11-19)20-12-8-5-9-13-20/h4-13,17-18,21-22H,14-16H2,1-3H3/t18-,21+,22-/m1/s1. The molecular formula is C22H29P. The predicted octanol–water partition coefficient (Wildman–Crippen LogP) is 5.58. The van der Waals surface area contributed by atoms with Crippen LogP contribution in [0.4, 0.5) is 0 Å². The summed E-state index contributed by atoms with van der Waals surface area (Å²) in [7, 11) is -0.267. The highest BCUT2D eigenvalue weighted by atomic mass is 31.1. The van der Waals surface area contributed by atoms with Gasteiger partial charge < -0.3 is 0 Å². The molecule has 1 aliphatic carbocycles. The third kappa shape index (κ3) is 3.86. The van der Waals surface area contributed by atoms with Crippen LogP contribution in [0.2, 0.25) is 0 Å². The SMILES string of the molecule is CC(C)[C@@H]1CC[C@@H](C)C[C@H]1P(c1ccccc1)c1ccccc1. The van der Waals surface area contributed by atoms with Crippen LogP contribution < -0.4 is 10.6 Å². The van der Waals surface area contributed by atoms with Crippen LogP contribution in [0, 0.1) is 17.8 Å². The molecule has 2 aromatic carbocycles. The van der Waals surface area contributed by atoms with Crippen LogP contribution in [0.3, 0.4) is 0 Å². The van der Waals surface area contributed by atoms with Crippen molar-refractivity contribution in [2.75, 3.05) is 0 Å². The van der Waals surface area contributed by atoms with E-state index in [1.165, 1.54) is 19.3 Å². The van der Waals surface area contributed by atoms with Gasteiger partial charge >= 0.3 is 0 Å². The molecule has 3 rings (SSSR count). The summed E-state index contributed by atoms with van der Waals surface area (Å²) in [5.41, 5.74) is 0.818. The summed E-state index contributed by atoms with van der Waals surface area (Å²) in [6, 6.07) is 22.6. The number of rotatable bonds is 4. The highest BCUT2D eigenvalue weighted by molar-refractivity contribution is 7.73. The topological polar surface area (TPSA) is 0 Å². The fourth-order valence-electron chi connectivity index (χ4n) is 4.16. The lowest BCUT2D eigenvalue weighted by atomic mass is 9.77. The first-order chi connectivity index (χ1) is 11.2. The summed E-state index contributed by atoms with van der Waals surface area (Å²) >= 11 is 0. The Hall–Kier alpha value is -1.13. The van der Waals surface area contributed by atoms with E-state index in [4.69, 9.17) is 0 Å². The van der Waals surface area contributed by atoms with Gasteiger partial charge in [0.2, 0.25) is 0 Å². The van der Waals surface area contributed by atoms with Crippen LogP contribution in [0.1, 0.15) is 40.0 Å². The van der Waals surface area contributed by atoms with Crippen molar-refractivity contribution < 1.29 is 0 Å². The fraction of sp³-hybridized carbons (Fsp3) is 0.455. The predicted molar refractivity (Wildman–Crippen MR) is 104 cm³/mol. The second-order valence-corrected chi connectivity index (χ2v) is 9.87. The Balaban J connectivity index is 2.03. The fourth-order valence-corrected chi connectivity index (χ4v) is 7.66. The maximum atomic E-state index is 2.45. The lowest BCUT2D eigenvalue weighted by Crippen LogP contribution is -2.35. The van der Waals surface area contributed by atoms with Gasteiger partial charge in [0, 0.05) is 0 Å². The third-order valence-electron chi connectivity index (χ3n) is 5.39. The molecule has 0 N–H and O–H groups in total. The molecular weight excluding hydrogens is 295 g/mol. The molecule has 1 saturated carbocycles. The van der Waals surface area contributed by atoms with E-state index in [9.17, 15) is 0 Å². The van der Waals surface area contributed by atoms with Crippen molar-refractivity contribution in [3.63, 3.8) is 0 Å². The highest BCUT2D eigenvalue weighted by Gasteiger charge is 2.37. The van der Waals surface area contributed by atoms with Gasteiger partial charge in [-0.1, -0.05) is 87.9 Å². The van der Waals surface area contributed by atoms with Crippen molar-refractivity contribution in [2.45, 2.75) is 45.7 Å². The molecule has 0 amide bonds. The quantitative estimate of drug-likeness (QED) is 0.644. The third-order valence-corrected chi connectivity index (χ3v) is 8.35. The second-order valence-electron chi connectivity index (χ2n) is 7.43. The molecule has 0 aromatic heterocycles. The molecule has 2 aromatic rings. The number of hydrogen-bond donors (Lipinski definition) is 0. The first-order valence-corrected chi connectivity index (χ1v) is 10.5. The van der Waals surface area contributed by atoms with Crippen LogP contribution in [-0.2, 0) is 0 Å². The number of hydrogen-bond acceptors (Lipinski definition) is 0. The molecule has 0 unspecified atom stereocenters. The van der Waals surface area contributed by atoms with E-state index in [2.05, 4.69) is 81.4 Å². The maximum Gasteiger partial charge on any atom is -0.00955 e. The van der Waals surface area contributed by atoms with Crippen LogP contribution in [0.5, 0.6) is 0 Å². The van der Waals surface area contributed by atoms with Gasteiger partial charge in [-0.3, -0.25) is 0 Å². The summed E-state index contributed by atoms with van der Waals surface area (Å²) in [5, 5.41) is 3.11. The van der Waals surface area contributed by atoms with E-state index >= 15 is 0 Å². The van der Waals surface area contributed by atoms with E-state index in [1.54, 1.807) is 10.6 Å². The molecule has 0 aliphatic heterocycles. The molecule has 0 heterocycles. The van der Waals surface area contributed by atoms with E-state index in [-0.39, 0.29) is 7.92 Å². The normalized spacial score (nSPS) is 25.0. The van der Waals surface area contributed by atoms with Gasteiger partial charge in [-0.2, -0.15) is 0 Å². The smallest absolute Gasteiger partial charge is 0.00955 e. The summed E-state index contributed by atoms with van der Waals surface area (Å²) in [4.78, 5) is 0. The van der Waals surface area contributed by atoms with Gasteiger partial charge in [-0.15, -0.1) is 0 Å². The lowest BCUT2D eigenvalue weighted by molar-refractivity contribution is 0.242. The molecule has 1 heteroatoms. The molecule has 1 aliphatic rings. The minimum Gasteiger partial charge on any atom is -0.0625 e. The summed E-state index contributed by atoms with van der Waals surface area (Å²) in [5.74, 6) is 2.51. The maximum absolute atomic E-state index is 2.45. The van der Waals surface area contributed by atoms with Crippen LogP contribution >= 0.6 is 7.92 Å². The molecule has 0 nitrogen and oxygen atoms in total. The van der Waals surface area contributed by atoms with Crippen molar-refractivity contribution in [1.82, 2.24) is 0 Å². The van der Waals surface area contributed by atoms with Crippen molar-refractivity contribution in [3.8, 4) is 0 Å². The van der Waals surface area contributed by atoms with E-state index in [0.717, 1.165) is 23.4 Å². The molecule has 23 heavy (non-hydrogen) atoms. The monoisotopic (exact) mass is 324 g/mol. The summed E-state index contributed by atoms with van der Waals surface area (Å²) in [6.45, 7) is 7.31. The Morgan fingerprint density at radius 3 is 1.83 bits per heavy atom. The van der Waals surface area contributed by atoms with Crippen molar-refractivity contribution >= 4 is 18.5 Å². The zero-order valence-corrected chi connectivity index (χ0v) is 15.5. The summed E-state index contributed by atoms with van der Waals surface area (Å²) < 4.78 is 0. The summed E-state index contributed by atoms with van der Waals surface area (Å²) in [6.07, 6.45) is 4.20. The van der Waals surface area contributed by atoms with Crippen LogP contribution in [0.25, 0.3) is 0 Å². The Morgan fingerprint density at radius 2 is 1.35 bits per heavy atom. The minimum atomic E-state index is -0.267. The minimum absolute atomic E-state index is 0.267. The van der Waals surface area contributed by atoms with Crippen LogP contribution in [0.15, 0.2) is 60.7 Å². The Morgan fingerprint density at radius 1 is 0.826 bits per heavy atom.